The minimum Gasteiger partial charge on any atom is -0.475 e. The molecule has 1 aromatic carbocycles. The van der Waals surface area contributed by atoms with E-state index in [1.807, 2.05) is 13.8 Å². The fourth-order valence-corrected chi connectivity index (χ4v) is 2.12. The summed E-state index contributed by atoms with van der Waals surface area (Å²) in [4.78, 5) is 45.4. The average Bonchev–Trinajstić information content (AvgIpc) is 2.63. The predicted octanol–water partition coefficient (Wildman–Crippen LogP) is 1.22. The Morgan fingerprint density at radius 3 is 2.44 bits per heavy atom. The van der Waals surface area contributed by atoms with Crippen LogP contribution in [0.5, 0.6) is 5.75 Å². The molecule has 1 N–H and O–H groups in total. The molecule has 10 heteroatoms. The maximum absolute atomic E-state index is 11.9. The van der Waals surface area contributed by atoms with Crippen LogP contribution >= 0.6 is 0 Å². The van der Waals surface area contributed by atoms with Gasteiger partial charge in [0.05, 0.1) is 12.0 Å². The summed E-state index contributed by atoms with van der Waals surface area (Å²) in [7, 11) is 1.21. The fourth-order valence-electron chi connectivity index (χ4n) is 2.12. The summed E-state index contributed by atoms with van der Waals surface area (Å²) in [6, 6.07) is 4.70. The summed E-state index contributed by atoms with van der Waals surface area (Å²) in [5, 5.41) is 13.3. The fraction of sp³-hybridized carbons (Fsp3) is 0.471. The molecule has 10 nitrogen and oxygen atoms in total. The van der Waals surface area contributed by atoms with Crippen LogP contribution in [-0.4, -0.2) is 49.1 Å². The van der Waals surface area contributed by atoms with Crippen molar-refractivity contribution in [3.8, 4) is 5.75 Å². The van der Waals surface area contributed by atoms with E-state index < -0.39 is 42.0 Å². The molecule has 148 valence electrons. The second-order valence-electron chi connectivity index (χ2n) is 5.95. The number of nitro groups is 1. The number of carbonyl (C=O) groups is 3. The van der Waals surface area contributed by atoms with Crippen LogP contribution in [0.15, 0.2) is 24.3 Å². The van der Waals surface area contributed by atoms with Crippen LogP contribution in [0.1, 0.15) is 20.3 Å². The number of carbonyl (C=O) groups excluding carboxylic acids is 3. The largest absolute Gasteiger partial charge is 0.475 e. The number of rotatable bonds is 10. The summed E-state index contributed by atoms with van der Waals surface area (Å²) in [6.45, 7) is 2.53. The maximum Gasteiger partial charge on any atom is 0.344 e. The van der Waals surface area contributed by atoms with Gasteiger partial charge in [0, 0.05) is 6.07 Å². The lowest BCUT2D eigenvalue weighted by Gasteiger charge is -2.18. The highest BCUT2D eigenvalue weighted by Crippen LogP contribution is 2.25. The Morgan fingerprint density at radius 1 is 1.19 bits per heavy atom. The van der Waals surface area contributed by atoms with Crippen molar-refractivity contribution in [1.29, 1.82) is 0 Å². The number of methoxy groups -OCH3 is 1. The van der Waals surface area contributed by atoms with Gasteiger partial charge in [-0.3, -0.25) is 14.9 Å². The molecule has 0 spiro atoms. The molecule has 0 aliphatic rings. The number of benzene rings is 1. The zero-order valence-corrected chi connectivity index (χ0v) is 15.3. The molecule has 27 heavy (non-hydrogen) atoms. The molecule has 0 saturated heterocycles. The summed E-state index contributed by atoms with van der Waals surface area (Å²) >= 11 is 0. The average molecular weight is 382 g/mol. The predicted molar refractivity (Wildman–Crippen MR) is 93.0 cm³/mol. The molecular formula is C17H22N2O8. The number of hydrogen-bond acceptors (Lipinski definition) is 8. The van der Waals surface area contributed by atoms with Crippen molar-refractivity contribution in [2.75, 3.05) is 20.3 Å². The van der Waals surface area contributed by atoms with Crippen LogP contribution in [-0.2, 0) is 23.9 Å². The molecule has 0 unspecified atom stereocenters. The van der Waals surface area contributed by atoms with Gasteiger partial charge >= 0.3 is 17.6 Å². The number of ether oxygens (including phenoxy) is 3. The Morgan fingerprint density at radius 2 is 1.85 bits per heavy atom. The van der Waals surface area contributed by atoms with Crippen LogP contribution < -0.4 is 10.1 Å². The number of amides is 1. The molecular weight excluding hydrogens is 360 g/mol. The SMILES string of the molecule is COC(=O)[C@H](CC(C)C)NC(=O)COC(=O)COc1ccccc1[N+](=O)[O-]. The molecule has 1 atom stereocenters. The molecule has 0 aliphatic heterocycles. The van der Waals surface area contributed by atoms with E-state index in [4.69, 9.17) is 9.47 Å². The monoisotopic (exact) mass is 382 g/mol. The molecule has 0 heterocycles. The first-order valence-electron chi connectivity index (χ1n) is 8.13. The molecule has 0 bridgehead atoms. The Hall–Kier alpha value is -3.17. The lowest BCUT2D eigenvalue weighted by Crippen LogP contribution is -2.44. The summed E-state index contributed by atoms with van der Waals surface area (Å²) in [5.74, 6) is -2.12. The van der Waals surface area contributed by atoms with E-state index in [9.17, 15) is 24.5 Å². The second-order valence-corrected chi connectivity index (χ2v) is 5.95. The smallest absolute Gasteiger partial charge is 0.344 e. The molecule has 0 aliphatic carbocycles. The second kappa shape index (κ2) is 10.7. The highest BCUT2D eigenvalue weighted by atomic mass is 16.6. The minimum atomic E-state index is -0.887. The Bertz CT molecular complexity index is 689. The van der Waals surface area contributed by atoms with Crippen LogP contribution in [0, 0.1) is 16.0 Å². The van der Waals surface area contributed by atoms with Crippen molar-refractivity contribution in [2.45, 2.75) is 26.3 Å². The van der Waals surface area contributed by atoms with Gasteiger partial charge in [-0.15, -0.1) is 0 Å². The van der Waals surface area contributed by atoms with Gasteiger partial charge in [-0.25, -0.2) is 9.59 Å². The molecule has 1 aromatic rings. The molecule has 0 fully saturated rings. The van der Waals surface area contributed by atoms with Gasteiger partial charge in [0.2, 0.25) is 0 Å². The van der Waals surface area contributed by atoms with Gasteiger partial charge in [0.25, 0.3) is 5.91 Å². The van der Waals surface area contributed by atoms with Gasteiger partial charge in [-0.1, -0.05) is 26.0 Å². The number of hydrogen-bond donors (Lipinski definition) is 1. The number of esters is 2. The normalized spacial score (nSPS) is 11.4. The first-order valence-corrected chi connectivity index (χ1v) is 8.13. The van der Waals surface area contributed by atoms with Gasteiger partial charge in [0.15, 0.2) is 19.0 Å². The zero-order chi connectivity index (χ0) is 20.4. The van der Waals surface area contributed by atoms with Crippen molar-refractivity contribution in [2.24, 2.45) is 5.92 Å². The first-order chi connectivity index (χ1) is 12.7. The van der Waals surface area contributed by atoms with Crippen LogP contribution in [0.25, 0.3) is 0 Å². The summed E-state index contributed by atoms with van der Waals surface area (Å²) in [6.07, 6.45) is 0.368. The van der Waals surface area contributed by atoms with E-state index in [1.165, 1.54) is 31.4 Å². The van der Waals surface area contributed by atoms with Crippen LogP contribution in [0.3, 0.4) is 0 Å². The van der Waals surface area contributed by atoms with E-state index in [-0.39, 0.29) is 17.4 Å². The standard InChI is InChI=1S/C17H22N2O8/c1-11(2)8-12(17(22)25-3)18-15(20)9-27-16(21)10-26-14-7-5-4-6-13(14)19(23)24/h4-7,11-12H,8-10H2,1-3H3,(H,18,20)/t12-/m0/s1. The third-order valence-electron chi connectivity index (χ3n) is 3.30. The lowest BCUT2D eigenvalue weighted by molar-refractivity contribution is -0.385. The van der Waals surface area contributed by atoms with E-state index in [0.29, 0.717) is 6.42 Å². The minimum absolute atomic E-state index is 0.0911. The molecule has 0 aromatic heterocycles. The van der Waals surface area contributed by atoms with Crippen LogP contribution in [0.4, 0.5) is 5.69 Å². The maximum atomic E-state index is 11.9. The number of nitrogens with one attached hydrogen (secondary N) is 1. The Labute approximate surface area is 155 Å². The number of nitro benzene ring substituents is 1. The van der Waals surface area contributed by atoms with Gasteiger partial charge in [0.1, 0.15) is 6.04 Å². The van der Waals surface area contributed by atoms with E-state index >= 15 is 0 Å². The van der Waals surface area contributed by atoms with Crippen molar-refractivity contribution in [3.05, 3.63) is 34.4 Å². The Kier molecular flexibility index (Phi) is 8.70. The van der Waals surface area contributed by atoms with E-state index in [2.05, 4.69) is 10.1 Å². The summed E-state index contributed by atoms with van der Waals surface area (Å²) in [5.41, 5.74) is -0.294. The highest BCUT2D eigenvalue weighted by Gasteiger charge is 2.23. The summed E-state index contributed by atoms with van der Waals surface area (Å²) < 4.78 is 14.4. The quantitative estimate of drug-likeness (QED) is 0.363. The van der Waals surface area contributed by atoms with Crippen molar-refractivity contribution in [3.63, 3.8) is 0 Å². The molecule has 0 radical (unpaired) electrons. The molecule has 0 saturated carbocycles. The molecule has 1 amide bonds. The first kappa shape index (κ1) is 21.9. The molecule has 1 rings (SSSR count). The number of para-hydroxylation sites is 2. The third-order valence-corrected chi connectivity index (χ3v) is 3.30. The van der Waals surface area contributed by atoms with Crippen molar-refractivity contribution < 1.29 is 33.5 Å². The highest BCUT2D eigenvalue weighted by molar-refractivity contribution is 5.86. The van der Waals surface area contributed by atoms with Gasteiger partial charge in [-0.05, 0) is 18.4 Å². The third kappa shape index (κ3) is 7.72. The zero-order valence-electron chi connectivity index (χ0n) is 15.3. The van der Waals surface area contributed by atoms with E-state index in [0.717, 1.165) is 0 Å². The number of nitrogens with zero attached hydrogens (tertiary/aromatic N) is 1. The van der Waals surface area contributed by atoms with Crippen molar-refractivity contribution in [1.82, 2.24) is 5.32 Å². The lowest BCUT2D eigenvalue weighted by atomic mass is 10.0. The van der Waals surface area contributed by atoms with Crippen LogP contribution in [0.2, 0.25) is 0 Å². The van der Waals surface area contributed by atoms with E-state index in [1.54, 1.807) is 0 Å². The van der Waals surface area contributed by atoms with Gasteiger partial charge in [-0.2, -0.15) is 0 Å². The van der Waals surface area contributed by atoms with Crippen molar-refractivity contribution >= 4 is 23.5 Å². The topological polar surface area (TPSA) is 134 Å². The Balaban J connectivity index is 2.48. The van der Waals surface area contributed by atoms with Gasteiger partial charge < -0.3 is 19.5 Å².